The molecule has 2 aromatic rings. The molecule has 0 bridgehead atoms. The second-order valence-corrected chi connectivity index (χ2v) is 6.40. The summed E-state index contributed by atoms with van der Waals surface area (Å²) in [4.78, 5) is 19.5. The Morgan fingerprint density at radius 3 is 2.67 bits per heavy atom. The smallest absolute Gasteiger partial charge is 0.408 e. The van der Waals surface area contributed by atoms with Gasteiger partial charge >= 0.3 is 6.09 Å². The predicted molar refractivity (Wildman–Crippen MR) is 90.9 cm³/mol. The molecule has 2 N–H and O–H groups in total. The highest BCUT2D eigenvalue weighted by atomic mass is 19.1. The lowest BCUT2D eigenvalue weighted by molar-refractivity contribution is 0.0502. The van der Waals surface area contributed by atoms with Crippen molar-refractivity contribution in [2.24, 2.45) is 0 Å². The number of imidazole rings is 1. The molecule has 1 atom stereocenters. The summed E-state index contributed by atoms with van der Waals surface area (Å²) in [6.45, 7) is 9.11. The SMILES string of the molecule is C=CCC(NC(=O)OC(C)(C)C)c1nc(-c2ccc(F)cc2)c[nH]1. The van der Waals surface area contributed by atoms with Gasteiger partial charge in [-0.2, -0.15) is 0 Å². The van der Waals surface area contributed by atoms with Gasteiger partial charge in [0.05, 0.1) is 11.7 Å². The molecule has 0 fully saturated rings. The van der Waals surface area contributed by atoms with E-state index in [1.54, 1.807) is 45.2 Å². The number of nitrogens with one attached hydrogen (secondary N) is 2. The minimum atomic E-state index is -0.578. The fraction of sp³-hybridized carbons (Fsp3) is 0.333. The van der Waals surface area contributed by atoms with Crippen LogP contribution in [0.5, 0.6) is 0 Å². The van der Waals surface area contributed by atoms with Crippen LogP contribution >= 0.6 is 0 Å². The number of ether oxygens (including phenoxy) is 1. The van der Waals surface area contributed by atoms with Crippen LogP contribution in [0, 0.1) is 5.82 Å². The van der Waals surface area contributed by atoms with Gasteiger partial charge < -0.3 is 15.0 Å². The first-order valence-corrected chi connectivity index (χ1v) is 7.70. The molecule has 1 unspecified atom stereocenters. The highest BCUT2D eigenvalue weighted by molar-refractivity contribution is 5.68. The monoisotopic (exact) mass is 331 g/mol. The molecule has 0 spiro atoms. The molecular formula is C18H22FN3O2. The van der Waals surface area contributed by atoms with E-state index in [0.717, 1.165) is 5.56 Å². The second kappa shape index (κ2) is 7.29. The Morgan fingerprint density at radius 1 is 1.42 bits per heavy atom. The molecular weight excluding hydrogens is 309 g/mol. The average molecular weight is 331 g/mol. The zero-order valence-corrected chi connectivity index (χ0v) is 14.1. The van der Waals surface area contributed by atoms with Crippen molar-refractivity contribution in [3.05, 3.63) is 54.8 Å². The van der Waals surface area contributed by atoms with Gasteiger partial charge in [-0.3, -0.25) is 0 Å². The van der Waals surface area contributed by atoms with Crippen LogP contribution in [0.25, 0.3) is 11.3 Å². The van der Waals surface area contributed by atoms with Gasteiger partial charge in [0.2, 0.25) is 0 Å². The Morgan fingerprint density at radius 2 is 2.08 bits per heavy atom. The summed E-state index contributed by atoms with van der Waals surface area (Å²) in [7, 11) is 0. The quantitative estimate of drug-likeness (QED) is 0.800. The third kappa shape index (κ3) is 4.94. The topological polar surface area (TPSA) is 67.0 Å². The molecule has 0 aliphatic rings. The van der Waals surface area contributed by atoms with Crippen molar-refractivity contribution >= 4 is 6.09 Å². The van der Waals surface area contributed by atoms with Crippen LogP contribution in [0.4, 0.5) is 9.18 Å². The number of hydrogen-bond acceptors (Lipinski definition) is 3. The summed E-state index contributed by atoms with van der Waals surface area (Å²) < 4.78 is 18.3. The van der Waals surface area contributed by atoms with Gasteiger partial charge in [-0.1, -0.05) is 6.08 Å². The number of aromatic amines is 1. The van der Waals surface area contributed by atoms with Gasteiger partial charge in [-0.15, -0.1) is 6.58 Å². The molecule has 6 heteroatoms. The van der Waals surface area contributed by atoms with Crippen molar-refractivity contribution in [2.75, 3.05) is 0 Å². The molecule has 1 heterocycles. The van der Waals surface area contributed by atoms with Gasteiger partial charge in [0.15, 0.2) is 0 Å². The van der Waals surface area contributed by atoms with E-state index in [0.29, 0.717) is 17.9 Å². The maximum absolute atomic E-state index is 13.0. The van der Waals surface area contributed by atoms with Crippen LogP contribution in [0.15, 0.2) is 43.1 Å². The normalized spacial score (nSPS) is 12.5. The molecule has 0 saturated heterocycles. The van der Waals surface area contributed by atoms with Crippen LogP contribution in [0.1, 0.15) is 39.1 Å². The van der Waals surface area contributed by atoms with E-state index in [4.69, 9.17) is 4.74 Å². The summed E-state index contributed by atoms with van der Waals surface area (Å²) in [5, 5.41) is 2.78. The molecule has 0 saturated carbocycles. The summed E-state index contributed by atoms with van der Waals surface area (Å²) >= 11 is 0. The average Bonchev–Trinajstić information content (AvgIpc) is 2.95. The van der Waals surface area contributed by atoms with Gasteiger partial charge in [-0.25, -0.2) is 14.2 Å². The summed E-state index contributed by atoms with van der Waals surface area (Å²) in [5.41, 5.74) is 0.879. The number of hydrogen-bond donors (Lipinski definition) is 2. The second-order valence-electron chi connectivity index (χ2n) is 6.40. The van der Waals surface area contributed by atoms with E-state index in [-0.39, 0.29) is 11.9 Å². The zero-order valence-electron chi connectivity index (χ0n) is 14.1. The molecule has 1 amide bonds. The lowest BCUT2D eigenvalue weighted by atomic mass is 10.1. The van der Waals surface area contributed by atoms with Crippen molar-refractivity contribution in [1.82, 2.24) is 15.3 Å². The molecule has 128 valence electrons. The van der Waals surface area contributed by atoms with Crippen molar-refractivity contribution in [3.8, 4) is 11.3 Å². The lowest BCUT2D eigenvalue weighted by Gasteiger charge is -2.22. The number of aromatic nitrogens is 2. The predicted octanol–water partition coefficient (Wildman–Crippen LogP) is 4.36. The standard InChI is InChI=1S/C18H22FN3O2/c1-5-6-14(22-17(23)24-18(2,3)4)16-20-11-15(21-16)12-7-9-13(19)10-8-12/h5,7-11,14H,1,6H2,2-4H3,(H,20,21)(H,22,23). The highest BCUT2D eigenvalue weighted by Gasteiger charge is 2.21. The number of carbonyl (C=O) groups is 1. The van der Waals surface area contributed by atoms with E-state index in [1.807, 2.05) is 0 Å². The summed E-state index contributed by atoms with van der Waals surface area (Å²) in [5.74, 6) is 0.283. The van der Waals surface area contributed by atoms with E-state index in [1.165, 1.54) is 12.1 Å². The maximum Gasteiger partial charge on any atom is 0.408 e. The molecule has 1 aromatic heterocycles. The van der Waals surface area contributed by atoms with Crippen LogP contribution < -0.4 is 5.32 Å². The van der Waals surface area contributed by atoms with Gasteiger partial charge in [0, 0.05) is 11.8 Å². The van der Waals surface area contributed by atoms with Crippen molar-refractivity contribution < 1.29 is 13.9 Å². The zero-order chi connectivity index (χ0) is 17.7. The first kappa shape index (κ1) is 17.7. The van der Waals surface area contributed by atoms with E-state index >= 15 is 0 Å². The number of nitrogens with zero attached hydrogens (tertiary/aromatic N) is 1. The van der Waals surface area contributed by atoms with Crippen LogP contribution in [0.3, 0.4) is 0 Å². The van der Waals surface area contributed by atoms with E-state index in [2.05, 4.69) is 21.9 Å². The Balaban J connectivity index is 2.15. The van der Waals surface area contributed by atoms with Gasteiger partial charge in [-0.05, 0) is 51.5 Å². The number of carbonyl (C=O) groups excluding carboxylic acids is 1. The van der Waals surface area contributed by atoms with Crippen molar-refractivity contribution in [3.63, 3.8) is 0 Å². The van der Waals surface area contributed by atoms with Crippen molar-refractivity contribution in [1.29, 1.82) is 0 Å². The minimum Gasteiger partial charge on any atom is -0.444 e. The number of amides is 1. The Kier molecular flexibility index (Phi) is 5.39. The number of H-pyrrole nitrogens is 1. The Hall–Kier alpha value is -2.63. The van der Waals surface area contributed by atoms with Crippen LogP contribution in [0.2, 0.25) is 0 Å². The third-order valence-corrected chi connectivity index (χ3v) is 3.16. The highest BCUT2D eigenvalue weighted by Crippen LogP contribution is 2.21. The lowest BCUT2D eigenvalue weighted by Crippen LogP contribution is -2.35. The fourth-order valence-electron chi connectivity index (χ4n) is 2.14. The molecule has 5 nitrogen and oxygen atoms in total. The number of rotatable bonds is 5. The summed E-state index contributed by atoms with van der Waals surface area (Å²) in [6.07, 6.45) is 3.39. The molecule has 2 rings (SSSR count). The molecule has 0 radical (unpaired) electrons. The Labute approximate surface area is 141 Å². The van der Waals surface area contributed by atoms with Gasteiger partial charge in [0.25, 0.3) is 0 Å². The number of alkyl carbamates (subject to hydrolysis) is 1. The van der Waals surface area contributed by atoms with Crippen LogP contribution in [-0.2, 0) is 4.74 Å². The van der Waals surface area contributed by atoms with Crippen LogP contribution in [-0.4, -0.2) is 21.7 Å². The minimum absolute atomic E-state index is 0.300. The number of benzene rings is 1. The molecule has 24 heavy (non-hydrogen) atoms. The first-order valence-electron chi connectivity index (χ1n) is 7.70. The van der Waals surface area contributed by atoms with E-state index < -0.39 is 11.7 Å². The van der Waals surface area contributed by atoms with Gasteiger partial charge in [0.1, 0.15) is 17.2 Å². The maximum atomic E-state index is 13.0. The largest absolute Gasteiger partial charge is 0.444 e. The number of halogens is 1. The van der Waals surface area contributed by atoms with Crippen molar-refractivity contribution in [2.45, 2.75) is 38.8 Å². The summed E-state index contributed by atoms with van der Waals surface area (Å²) in [6, 6.07) is 5.68. The molecule has 0 aliphatic carbocycles. The third-order valence-electron chi connectivity index (χ3n) is 3.16. The molecule has 0 aliphatic heterocycles. The first-order chi connectivity index (χ1) is 11.3. The van der Waals surface area contributed by atoms with E-state index in [9.17, 15) is 9.18 Å². The fourth-order valence-corrected chi connectivity index (χ4v) is 2.14. The Bertz CT molecular complexity index is 702. The molecule has 1 aromatic carbocycles.